The number of benzene rings is 2. The van der Waals surface area contributed by atoms with Gasteiger partial charge in [-0.05, 0) is 59.1 Å². The second kappa shape index (κ2) is 7.45. The van der Waals surface area contributed by atoms with E-state index < -0.39 is 15.9 Å². The van der Waals surface area contributed by atoms with Gasteiger partial charge in [0.25, 0.3) is 5.91 Å². The normalized spacial score (nSPS) is 15.3. The molecule has 1 aliphatic heterocycles. The minimum absolute atomic E-state index is 0.113. The largest absolute Gasteiger partial charge is 0.321 e. The predicted molar refractivity (Wildman–Crippen MR) is 102 cm³/mol. The number of carbonyl (C=O) groups is 1. The highest BCUT2D eigenvalue weighted by Crippen LogP contribution is 2.27. The van der Waals surface area contributed by atoms with Crippen LogP contribution in [-0.4, -0.2) is 31.7 Å². The molecule has 25 heavy (non-hydrogen) atoms. The third-order valence-corrected chi connectivity index (χ3v) is 6.92. The zero-order chi connectivity index (χ0) is 18.0. The maximum absolute atomic E-state index is 12.7. The van der Waals surface area contributed by atoms with Crippen LogP contribution in [-0.2, 0) is 10.0 Å². The molecule has 1 heterocycles. The van der Waals surface area contributed by atoms with E-state index >= 15 is 0 Å². The van der Waals surface area contributed by atoms with E-state index in [4.69, 9.17) is 11.6 Å². The van der Waals surface area contributed by atoms with Crippen LogP contribution in [0.1, 0.15) is 23.2 Å². The predicted octanol–water partition coefficient (Wildman–Crippen LogP) is 4.14. The maximum Gasteiger partial charge on any atom is 0.256 e. The minimum Gasteiger partial charge on any atom is -0.321 e. The van der Waals surface area contributed by atoms with Gasteiger partial charge < -0.3 is 5.32 Å². The smallest absolute Gasteiger partial charge is 0.256 e. The van der Waals surface area contributed by atoms with Crippen molar-refractivity contribution in [1.29, 1.82) is 0 Å². The van der Waals surface area contributed by atoms with Crippen LogP contribution in [0.15, 0.2) is 51.8 Å². The quantitative estimate of drug-likeness (QED) is 0.772. The molecule has 1 amide bonds. The Bertz CT molecular complexity index is 912. The van der Waals surface area contributed by atoms with Crippen LogP contribution in [0, 0.1) is 0 Å². The van der Waals surface area contributed by atoms with E-state index in [1.165, 1.54) is 16.4 Å². The fourth-order valence-corrected chi connectivity index (χ4v) is 4.82. The van der Waals surface area contributed by atoms with Crippen molar-refractivity contribution in [3.63, 3.8) is 0 Å². The van der Waals surface area contributed by atoms with Gasteiger partial charge in [-0.3, -0.25) is 4.79 Å². The molecule has 0 atom stereocenters. The molecule has 1 N–H and O–H groups in total. The van der Waals surface area contributed by atoms with Crippen molar-refractivity contribution in [2.24, 2.45) is 0 Å². The molecule has 1 aliphatic rings. The van der Waals surface area contributed by atoms with Crippen molar-refractivity contribution >= 4 is 49.1 Å². The van der Waals surface area contributed by atoms with Crippen LogP contribution in [0.2, 0.25) is 5.02 Å². The molecule has 5 nitrogen and oxygen atoms in total. The molecular formula is C17H16BrClN2O3S. The van der Waals surface area contributed by atoms with Crippen LogP contribution in [0.4, 0.5) is 5.69 Å². The van der Waals surface area contributed by atoms with Crippen LogP contribution in [0.25, 0.3) is 0 Å². The Labute approximate surface area is 160 Å². The number of carbonyl (C=O) groups excluding carboxylic acids is 1. The lowest BCUT2D eigenvalue weighted by atomic mass is 10.2. The Hall–Kier alpha value is -1.41. The van der Waals surface area contributed by atoms with Crippen molar-refractivity contribution in [3.8, 4) is 0 Å². The van der Waals surface area contributed by atoms with Crippen molar-refractivity contribution in [3.05, 3.63) is 57.5 Å². The molecule has 1 saturated heterocycles. The Balaban J connectivity index is 1.91. The van der Waals surface area contributed by atoms with E-state index in [9.17, 15) is 13.2 Å². The second-order valence-electron chi connectivity index (χ2n) is 5.69. The molecule has 0 spiro atoms. The van der Waals surface area contributed by atoms with Crippen LogP contribution >= 0.6 is 27.5 Å². The molecule has 0 bridgehead atoms. The number of nitrogens with one attached hydrogen (secondary N) is 1. The van der Waals surface area contributed by atoms with E-state index in [2.05, 4.69) is 21.2 Å². The van der Waals surface area contributed by atoms with Gasteiger partial charge >= 0.3 is 0 Å². The number of para-hydroxylation sites is 1. The molecule has 132 valence electrons. The Morgan fingerprint density at radius 3 is 2.48 bits per heavy atom. The molecule has 0 aromatic heterocycles. The van der Waals surface area contributed by atoms with Crippen molar-refractivity contribution < 1.29 is 13.2 Å². The lowest BCUT2D eigenvalue weighted by Crippen LogP contribution is -2.28. The molecule has 2 aromatic carbocycles. The summed E-state index contributed by atoms with van der Waals surface area (Å²) in [5.41, 5.74) is 0.703. The molecule has 0 saturated carbocycles. The summed E-state index contributed by atoms with van der Waals surface area (Å²) < 4.78 is 27.3. The Morgan fingerprint density at radius 1 is 1.12 bits per heavy atom. The minimum atomic E-state index is -3.59. The summed E-state index contributed by atoms with van der Waals surface area (Å²) in [5, 5.41) is 3.12. The van der Waals surface area contributed by atoms with Gasteiger partial charge in [0.05, 0.1) is 21.2 Å². The fourth-order valence-electron chi connectivity index (χ4n) is 2.67. The average Bonchev–Trinajstić information content (AvgIpc) is 3.12. The first-order valence-corrected chi connectivity index (χ1v) is 10.4. The number of hydrogen-bond donors (Lipinski definition) is 1. The van der Waals surface area contributed by atoms with Gasteiger partial charge in [-0.15, -0.1) is 0 Å². The number of rotatable bonds is 4. The first-order valence-electron chi connectivity index (χ1n) is 7.75. The number of nitrogens with zero attached hydrogens (tertiary/aromatic N) is 1. The monoisotopic (exact) mass is 442 g/mol. The highest BCUT2D eigenvalue weighted by Gasteiger charge is 2.28. The summed E-state index contributed by atoms with van der Waals surface area (Å²) in [5.74, 6) is -0.432. The molecule has 1 fully saturated rings. The fraction of sp³-hybridized carbons (Fsp3) is 0.235. The molecule has 8 heteroatoms. The van der Waals surface area contributed by atoms with Gasteiger partial charge in [0.2, 0.25) is 10.0 Å². The summed E-state index contributed by atoms with van der Waals surface area (Å²) >= 11 is 9.37. The van der Waals surface area contributed by atoms with Crippen LogP contribution in [0.5, 0.6) is 0 Å². The molecule has 0 unspecified atom stereocenters. The Morgan fingerprint density at radius 2 is 1.80 bits per heavy atom. The third kappa shape index (κ3) is 3.89. The number of sulfonamides is 1. The first kappa shape index (κ1) is 18.4. The summed E-state index contributed by atoms with van der Waals surface area (Å²) in [6.07, 6.45) is 1.71. The van der Waals surface area contributed by atoms with E-state index in [1.54, 1.807) is 30.3 Å². The zero-order valence-electron chi connectivity index (χ0n) is 13.2. The number of amides is 1. The number of halogens is 2. The van der Waals surface area contributed by atoms with Gasteiger partial charge in [0.1, 0.15) is 0 Å². The van der Waals surface area contributed by atoms with E-state index in [-0.39, 0.29) is 10.5 Å². The highest BCUT2D eigenvalue weighted by molar-refractivity contribution is 9.10. The molecule has 3 rings (SSSR count). The Kier molecular flexibility index (Phi) is 5.48. The van der Waals surface area contributed by atoms with Gasteiger partial charge in [-0.1, -0.05) is 23.7 Å². The highest BCUT2D eigenvalue weighted by atomic mass is 79.9. The molecule has 0 radical (unpaired) electrons. The topological polar surface area (TPSA) is 66.5 Å². The van der Waals surface area contributed by atoms with E-state index in [0.29, 0.717) is 28.3 Å². The van der Waals surface area contributed by atoms with Crippen molar-refractivity contribution in [2.45, 2.75) is 17.7 Å². The van der Waals surface area contributed by atoms with Gasteiger partial charge in [0, 0.05) is 17.6 Å². The lowest BCUT2D eigenvalue weighted by molar-refractivity contribution is 0.102. The zero-order valence-corrected chi connectivity index (χ0v) is 16.4. The van der Waals surface area contributed by atoms with Crippen LogP contribution < -0.4 is 5.32 Å². The van der Waals surface area contributed by atoms with E-state index in [1.807, 2.05) is 0 Å². The summed E-state index contributed by atoms with van der Waals surface area (Å²) in [6.45, 7) is 1.03. The molecule has 0 aliphatic carbocycles. The standard InChI is InChI=1S/C17H16BrClN2O3S/c18-14-8-7-12(25(23,24)21-9-3-4-10-21)11-13(14)17(22)20-16-6-2-1-5-15(16)19/h1-2,5-8,11H,3-4,9-10H2,(H,20,22). The lowest BCUT2D eigenvalue weighted by Gasteiger charge is -2.16. The van der Waals surface area contributed by atoms with Crippen molar-refractivity contribution in [1.82, 2.24) is 4.31 Å². The van der Waals surface area contributed by atoms with Crippen molar-refractivity contribution in [2.75, 3.05) is 18.4 Å². The molecule has 2 aromatic rings. The van der Waals surface area contributed by atoms with E-state index in [0.717, 1.165) is 12.8 Å². The van der Waals surface area contributed by atoms with Crippen LogP contribution in [0.3, 0.4) is 0 Å². The number of hydrogen-bond acceptors (Lipinski definition) is 3. The third-order valence-electron chi connectivity index (χ3n) is 4.01. The SMILES string of the molecule is O=C(Nc1ccccc1Cl)c1cc(S(=O)(=O)N2CCCC2)ccc1Br. The molecular weight excluding hydrogens is 428 g/mol. The maximum atomic E-state index is 12.7. The van der Waals surface area contributed by atoms with Gasteiger partial charge in [-0.25, -0.2) is 8.42 Å². The first-order chi connectivity index (χ1) is 11.9. The van der Waals surface area contributed by atoms with Gasteiger partial charge in [-0.2, -0.15) is 4.31 Å². The van der Waals surface area contributed by atoms with Gasteiger partial charge in [0.15, 0.2) is 0 Å². The summed E-state index contributed by atoms with van der Waals surface area (Å²) in [7, 11) is -3.59. The summed E-state index contributed by atoms with van der Waals surface area (Å²) in [4.78, 5) is 12.7. The summed E-state index contributed by atoms with van der Waals surface area (Å²) in [6, 6.07) is 11.3. The number of anilines is 1. The second-order valence-corrected chi connectivity index (χ2v) is 8.89. The average molecular weight is 444 g/mol.